The lowest BCUT2D eigenvalue weighted by Crippen LogP contribution is -2.40. The van der Waals surface area contributed by atoms with Gasteiger partial charge in [0.15, 0.2) is 6.10 Å². The number of halogens is 7. The number of aliphatic hydroxyl groups excluding tert-OH is 1. The topological polar surface area (TPSA) is 41.5 Å². The number of hydrogen-bond acceptors (Lipinski definition) is 3. The number of alkyl halides is 6. The SMILES string of the molecule is CC(C)c1cccc(Oc2cccc(C(NC[C@@H](O)C(F)(F)F)c3cc(C(F)(F)F)ccc3F)c2)c1. The molecule has 0 heterocycles. The molecule has 1 unspecified atom stereocenters. The van der Waals surface area contributed by atoms with Crippen LogP contribution in [0.1, 0.15) is 48.1 Å². The van der Waals surface area contributed by atoms with Crippen molar-refractivity contribution in [1.82, 2.24) is 5.32 Å². The summed E-state index contributed by atoms with van der Waals surface area (Å²) in [7, 11) is 0. The average Bonchev–Trinajstić information content (AvgIpc) is 2.79. The van der Waals surface area contributed by atoms with E-state index in [9.17, 15) is 35.8 Å². The van der Waals surface area contributed by atoms with Crippen LogP contribution in [0.5, 0.6) is 11.5 Å². The maximum atomic E-state index is 14.7. The monoisotopic (exact) mass is 515 g/mol. The van der Waals surface area contributed by atoms with Crippen molar-refractivity contribution in [1.29, 1.82) is 0 Å². The molecule has 0 saturated carbocycles. The molecule has 36 heavy (non-hydrogen) atoms. The van der Waals surface area contributed by atoms with E-state index < -0.39 is 48.0 Å². The van der Waals surface area contributed by atoms with Gasteiger partial charge in [-0.1, -0.05) is 38.1 Å². The van der Waals surface area contributed by atoms with Crippen molar-refractivity contribution in [2.45, 2.75) is 44.3 Å². The highest BCUT2D eigenvalue weighted by Crippen LogP contribution is 2.35. The van der Waals surface area contributed by atoms with E-state index in [1.807, 2.05) is 19.9 Å². The van der Waals surface area contributed by atoms with Gasteiger partial charge in [-0.3, -0.25) is 0 Å². The predicted molar refractivity (Wildman–Crippen MR) is 120 cm³/mol. The average molecular weight is 515 g/mol. The van der Waals surface area contributed by atoms with Crippen molar-refractivity contribution in [2.75, 3.05) is 6.54 Å². The standard InChI is InChI=1S/C26H24F7NO2/c1-15(2)16-5-3-7-19(11-16)36-20-8-4-6-17(12-20)24(34-14-23(35)26(31,32)33)21-13-18(25(28,29)30)9-10-22(21)27/h3-13,15,23-24,34-35H,14H2,1-2H3/t23-,24?/m1/s1. The van der Waals surface area contributed by atoms with Gasteiger partial charge in [0, 0.05) is 12.1 Å². The summed E-state index contributed by atoms with van der Waals surface area (Å²) < 4.78 is 99.0. The molecule has 0 aliphatic rings. The lowest BCUT2D eigenvalue weighted by molar-refractivity contribution is -0.202. The van der Waals surface area contributed by atoms with Gasteiger partial charge in [0.1, 0.15) is 17.3 Å². The zero-order valence-corrected chi connectivity index (χ0v) is 19.3. The number of aliphatic hydroxyl groups is 1. The summed E-state index contributed by atoms with van der Waals surface area (Å²) >= 11 is 0. The van der Waals surface area contributed by atoms with E-state index in [0.29, 0.717) is 23.9 Å². The number of benzene rings is 3. The smallest absolute Gasteiger partial charge is 0.416 e. The van der Waals surface area contributed by atoms with Crippen LogP contribution in [0.3, 0.4) is 0 Å². The lowest BCUT2D eigenvalue weighted by Gasteiger charge is -2.24. The van der Waals surface area contributed by atoms with Gasteiger partial charge in [-0.2, -0.15) is 26.3 Å². The Morgan fingerprint density at radius 3 is 1.97 bits per heavy atom. The maximum Gasteiger partial charge on any atom is 0.416 e. The molecule has 0 saturated heterocycles. The van der Waals surface area contributed by atoms with Gasteiger partial charge in [0.2, 0.25) is 0 Å². The second kappa shape index (κ2) is 10.9. The minimum absolute atomic E-state index is 0.139. The minimum Gasteiger partial charge on any atom is -0.457 e. The van der Waals surface area contributed by atoms with Crippen LogP contribution < -0.4 is 10.1 Å². The molecule has 0 aliphatic carbocycles. The highest BCUT2D eigenvalue weighted by molar-refractivity contribution is 5.41. The Hall–Kier alpha value is -3.11. The van der Waals surface area contributed by atoms with Gasteiger partial charge < -0.3 is 15.2 Å². The van der Waals surface area contributed by atoms with Crippen LogP contribution in [-0.2, 0) is 6.18 Å². The van der Waals surface area contributed by atoms with Crippen molar-refractivity contribution in [2.24, 2.45) is 0 Å². The molecule has 2 N–H and O–H groups in total. The van der Waals surface area contributed by atoms with Gasteiger partial charge in [-0.25, -0.2) is 4.39 Å². The van der Waals surface area contributed by atoms with Crippen LogP contribution in [0, 0.1) is 5.82 Å². The van der Waals surface area contributed by atoms with Crippen molar-refractivity contribution >= 4 is 0 Å². The van der Waals surface area contributed by atoms with Crippen molar-refractivity contribution in [3.63, 3.8) is 0 Å². The Bertz CT molecular complexity index is 1180. The fourth-order valence-corrected chi connectivity index (χ4v) is 3.52. The van der Waals surface area contributed by atoms with Crippen molar-refractivity contribution < 1.29 is 40.6 Å². The van der Waals surface area contributed by atoms with Crippen LogP contribution in [0.15, 0.2) is 66.7 Å². The number of hydrogen-bond donors (Lipinski definition) is 2. The number of ether oxygens (including phenoxy) is 1. The van der Waals surface area contributed by atoms with Crippen LogP contribution in [0.2, 0.25) is 0 Å². The lowest BCUT2D eigenvalue weighted by atomic mass is 9.95. The Balaban J connectivity index is 2.00. The maximum absolute atomic E-state index is 14.7. The molecule has 3 rings (SSSR count). The van der Waals surface area contributed by atoms with E-state index in [1.54, 1.807) is 24.3 Å². The van der Waals surface area contributed by atoms with Crippen LogP contribution in [-0.4, -0.2) is 23.9 Å². The van der Waals surface area contributed by atoms with Crippen molar-refractivity contribution in [3.05, 3.63) is 94.8 Å². The zero-order chi connectivity index (χ0) is 26.7. The van der Waals surface area contributed by atoms with Gasteiger partial charge >= 0.3 is 12.4 Å². The molecule has 0 amide bonds. The molecule has 0 aromatic heterocycles. The molecular weight excluding hydrogens is 491 g/mol. The molecule has 0 fully saturated rings. The molecule has 0 bridgehead atoms. The predicted octanol–water partition coefficient (Wildman–Crippen LogP) is 7.36. The van der Waals surface area contributed by atoms with Gasteiger partial charge in [-0.15, -0.1) is 0 Å². The van der Waals surface area contributed by atoms with E-state index in [0.717, 1.165) is 5.56 Å². The molecule has 194 valence electrons. The first-order valence-electron chi connectivity index (χ1n) is 11.0. The third-order valence-corrected chi connectivity index (χ3v) is 5.48. The highest BCUT2D eigenvalue weighted by atomic mass is 19.4. The largest absolute Gasteiger partial charge is 0.457 e. The van der Waals surface area contributed by atoms with Crippen LogP contribution >= 0.6 is 0 Å². The number of nitrogens with one attached hydrogen (secondary N) is 1. The molecule has 2 atom stereocenters. The fraction of sp³-hybridized carbons (Fsp3) is 0.308. The zero-order valence-electron chi connectivity index (χ0n) is 19.3. The summed E-state index contributed by atoms with van der Waals surface area (Å²) in [6.45, 7) is 2.91. The Kier molecular flexibility index (Phi) is 8.30. The van der Waals surface area contributed by atoms with Gasteiger partial charge in [0.25, 0.3) is 0 Å². The molecular formula is C26H24F7NO2. The number of rotatable bonds is 8. The normalized spacial score (nSPS) is 14.1. The summed E-state index contributed by atoms with van der Waals surface area (Å²) in [6.07, 6.45) is -12.6. The van der Waals surface area contributed by atoms with E-state index in [1.165, 1.54) is 18.2 Å². The van der Waals surface area contributed by atoms with Crippen molar-refractivity contribution in [3.8, 4) is 11.5 Å². The Labute approximate surface area is 203 Å². The van der Waals surface area contributed by atoms with Crippen LogP contribution in [0.4, 0.5) is 30.7 Å². The molecule has 0 aliphatic heterocycles. The fourth-order valence-electron chi connectivity index (χ4n) is 3.52. The van der Waals surface area contributed by atoms with Gasteiger partial charge in [0.05, 0.1) is 11.6 Å². The first-order valence-corrected chi connectivity index (χ1v) is 11.0. The third kappa shape index (κ3) is 6.98. The Morgan fingerprint density at radius 1 is 0.833 bits per heavy atom. The van der Waals surface area contributed by atoms with E-state index in [-0.39, 0.29) is 17.2 Å². The van der Waals surface area contributed by atoms with E-state index in [4.69, 9.17) is 4.74 Å². The molecule has 0 spiro atoms. The summed E-state index contributed by atoms with van der Waals surface area (Å²) in [5, 5.41) is 11.8. The first kappa shape index (κ1) is 27.5. The summed E-state index contributed by atoms with van der Waals surface area (Å²) in [6, 6.07) is 13.3. The quantitative estimate of drug-likeness (QED) is 0.308. The van der Waals surface area contributed by atoms with E-state index >= 15 is 0 Å². The molecule has 3 nitrogen and oxygen atoms in total. The first-order chi connectivity index (χ1) is 16.8. The summed E-state index contributed by atoms with van der Waals surface area (Å²) in [5.74, 6) is -0.125. The second-order valence-electron chi connectivity index (χ2n) is 8.53. The van der Waals surface area contributed by atoms with Crippen LogP contribution in [0.25, 0.3) is 0 Å². The second-order valence-corrected chi connectivity index (χ2v) is 8.53. The van der Waals surface area contributed by atoms with Gasteiger partial charge in [-0.05, 0) is 59.5 Å². The molecule has 10 heteroatoms. The molecule has 3 aromatic carbocycles. The highest BCUT2D eigenvalue weighted by Gasteiger charge is 2.39. The molecule has 3 aromatic rings. The Morgan fingerprint density at radius 2 is 1.42 bits per heavy atom. The summed E-state index contributed by atoms with van der Waals surface area (Å²) in [5.41, 5.74) is -0.561. The minimum atomic E-state index is -4.98. The van der Waals surface area contributed by atoms with E-state index in [2.05, 4.69) is 5.32 Å². The third-order valence-electron chi connectivity index (χ3n) is 5.48. The molecule has 0 radical (unpaired) electrons. The summed E-state index contributed by atoms with van der Waals surface area (Å²) in [4.78, 5) is 0.